The minimum atomic E-state index is 0.434. The molecule has 0 aliphatic heterocycles. The van der Waals surface area contributed by atoms with E-state index in [1.807, 2.05) is 20.8 Å². The molecule has 1 rings (SSSR count). The summed E-state index contributed by atoms with van der Waals surface area (Å²) in [5.41, 5.74) is 0.919. The quantitative estimate of drug-likeness (QED) is 0.522. The summed E-state index contributed by atoms with van der Waals surface area (Å²) < 4.78 is 10.6. The lowest BCUT2D eigenvalue weighted by atomic mass is 10.4. The van der Waals surface area contributed by atoms with Crippen molar-refractivity contribution in [3.05, 3.63) is 17.3 Å². The number of ether oxygens (including phenoxy) is 1. The van der Waals surface area contributed by atoms with E-state index in [1.54, 1.807) is 7.11 Å². The van der Waals surface area contributed by atoms with Gasteiger partial charge in [-0.1, -0.05) is 0 Å². The van der Waals surface area contributed by atoms with Gasteiger partial charge in [0.25, 0.3) is 0 Å². The highest BCUT2D eigenvalue weighted by atomic mass is 16.5. The van der Waals surface area contributed by atoms with Gasteiger partial charge in [0, 0.05) is 33.3 Å². The molecular formula is C15H29N5O2. The average Bonchev–Trinajstić information content (AvgIpc) is 2.81. The molecule has 0 spiro atoms. The Labute approximate surface area is 133 Å². The molecule has 0 aliphatic carbocycles. The van der Waals surface area contributed by atoms with Crippen LogP contribution in [-0.2, 0) is 11.3 Å². The highest BCUT2D eigenvalue weighted by Crippen LogP contribution is 2.08. The number of hydrogen-bond acceptors (Lipinski definition) is 5. The van der Waals surface area contributed by atoms with Gasteiger partial charge < -0.3 is 24.7 Å². The molecule has 7 heteroatoms. The molecule has 0 bridgehead atoms. The van der Waals surface area contributed by atoms with Crippen LogP contribution >= 0.6 is 0 Å². The van der Waals surface area contributed by atoms with Crippen molar-refractivity contribution in [2.45, 2.75) is 27.3 Å². The van der Waals surface area contributed by atoms with Crippen LogP contribution in [0.25, 0.3) is 0 Å². The molecule has 0 saturated heterocycles. The van der Waals surface area contributed by atoms with Gasteiger partial charge in [0.05, 0.1) is 12.3 Å². The fourth-order valence-corrected chi connectivity index (χ4v) is 1.82. The van der Waals surface area contributed by atoms with Crippen molar-refractivity contribution in [3.8, 4) is 0 Å². The Balaban J connectivity index is 2.41. The molecule has 0 aromatic carbocycles. The Bertz CT molecular complexity index is 439. The van der Waals surface area contributed by atoms with Crippen LogP contribution < -0.4 is 10.6 Å². The Hall–Kier alpha value is -1.60. The van der Waals surface area contributed by atoms with E-state index in [-0.39, 0.29) is 0 Å². The van der Waals surface area contributed by atoms with E-state index in [1.165, 1.54) is 0 Å². The van der Waals surface area contributed by atoms with Gasteiger partial charge in [-0.15, -0.1) is 0 Å². The molecule has 0 radical (unpaired) electrons. The molecule has 7 nitrogen and oxygen atoms in total. The fourth-order valence-electron chi connectivity index (χ4n) is 1.82. The smallest absolute Gasteiger partial charge is 0.216 e. The lowest BCUT2D eigenvalue weighted by molar-refractivity contribution is 0.162. The van der Waals surface area contributed by atoms with Crippen molar-refractivity contribution in [1.29, 1.82) is 0 Å². The minimum absolute atomic E-state index is 0.434. The third-order valence-corrected chi connectivity index (χ3v) is 3.25. The number of aromatic nitrogens is 1. The zero-order valence-electron chi connectivity index (χ0n) is 14.4. The number of nitrogens with zero attached hydrogens (tertiary/aromatic N) is 3. The number of nitrogens with one attached hydrogen (secondary N) is 2. The number of likely N-dealkylation sites (N-methyl/N-ethyl adjacent to an activating group) is 1. The molecule has 2 N–H and O–H groups in total. The molecule has 0 saturated carbocycles. The van der Waals surface area contributed by atoms with Crippen molar-refractivity contribution in [3.63, 3.8) is 0 Å². The molecule has 0 fully saturated rings. The van der Waals surface area contributed by atoms with E-state index in [0.29, 0.717) is 12.4 Å². The van der Waals surface area contributed by atoms with E-state index >= 15 is 0 Å². The highest BCUT2D eigenvalue weighted by Gasteiger charge is 2.05. The minimum Gasteiger partial charge on any atom is -0.444 e. The summed E-state index contributed by atoms with van der Waals surface area (Å²) in [6.45, 7) is 10.5. The number of oxazole rings is 1. The summed E-state index contributed by atoms with van der Waals surface area (Å²) in [6, 6.07) is 0. The van der Waals surface area contributed by atoms with Crippen molar-refractivity contribution in [1.82, 2.24) is 20.5 Å². The Morgan fingerprint density at radius 1 is 1.32 bits per heavy atom. The van der Waals surface area contributed by atoms with Crippen LogP contribution in [0, 0.1) is 13.8 Å². The Morgan fingerprint density at radius 2 is 2.09 bits per heavy atom. The second-order valence-corrected chi connectivity index (χ2v) is 5.17. The van der Waals surface area contributed by atoms with Crippen LogP contribution in [0.4, 0.5) is 0 Å². The maximum absolute atomic E-state index is 5.53. The molecule has 22 heavy (non-hydrogen) atoms. The Morgan fingerprint density at radius 3 is 2.68 bits per heavy atom. The SMILES string of the molecule is CCNC(=NCc1nc(C)c(C)o1)NCCN(C)CCOC. The number of methoxy groups -OCH3 is 1. The number of aliphatic imine (C=N–C) groups is 1. The second-order valence-electron chi connectivity index (χ2n) is 5.17. The van der Waals surface area contributed by atoms with Gasteiger partial charge in [0.2, 0.25) is 5.89 Å². The van der Waals surface area contributed by atoms with Gasteiger partial charge in [-0.25, -0.2) is 9.98 Å². The van der Waals surface area contributed by atoms with Crippen molar-refractivity contribution >= 4 is 5.96 Å². The topological polar surface area (TPSA) is 74.9 Å². The first-order chi connectivity index (χ1) is 10.6. The van der Waals surface area contributed by atoms with Crippen LogP contribution in [0.15, 0.2) is 9.41 Å². The molecule has 1 aromatic heterocycles. The first kappa shape index (κ1) is 18.4. The monoisotopic (exact) mass is 311 g/mol. The standard InChI is InChI=1S/C15H29N5O2/c1-6-16-15(17-7-8-20(4)9-10-21-5)18-11-14-19-12(2)13(3)22-14/h6-11H2,1-5H3,(H2,16,17,18). The Kier molecular flexibility index (Phi) is 8.54. The first-order valence-corrected chi connectivity index (χ1v) is 7.69. The van der Waals surface area contributed by atoms with Crippen LogP contribution in [-0.4, -0.2) is 62.8 Å². The lowest BCUT2D eigenvalue weighted by Crippen LogP contribution is -2.41. The summed E-state index contributed by atoms with van der Waals surface area (Å²) in [5.74, 6) is 2.27. The summed E-state index contributed by atoms with van der Waals surface area (Å²) >= 11 is 0. The second kappa shape index (κ2) is 10.2. The molecular weight excluding hydrogens is 282 g/mol. The average molecular weight is 311 g/mol. The number of guanidine groups is 1. The maximum Gasteiger partial charge on any atom is 0.216 e. The van der Waals surface area contributed by atoms with Gasteiger partial charge in [-0.05, 0) is 27.8 Å². The number of aryl methyl sites for hydroxylation is 2. The molecule has 126 valence electrons. The van der Waals surface area contributed by atoms with Crippen LogP contribution in [0.1, 0.15) is 24.3 Å². The van der Waals surface area contributed by atoms with Crippen LogP contribution in [0.5, 0.6) is 0 Å². The molecule has 0 atom stereocenters. The fraction of sp³-hybridized carbons (Fsp3) is 0.733. The van der Waals surface area contributed by atoms with Crippen LogP contribution in [0.3, 0.4) is 0 Å². The molecule has 1 heterocycles. The largest absolute Gasteiger partial charge is 0.444 e. The van der Waals surface area contributed by atoms with Gasteiger partial charge in [-0.2, -0.15) is 0 Å². The predicted octanol–water partition coefficient (Wildman–Crippen LogP) is 0.925. The number of hydrogen-bond donors (Lipinski definition) is 2. The number of rotatable bonds is 9. The normalized spacial score (nSPS) is 12.0. The summed E-state index contributed by atoms with van der Waals surface area (Å²) in [4.78, 5) is 11.0. The van der Waals surface area contributed by atoms with Crippen molar-refractivity contribution in [2.24, 2.45) is 4.99 Å². The third-order valence-electron chi connectivity index (χ3n) is 3.25. The van der Waals surface area contributed by atoms with Crippen molar-refractivity contribution in [2.75, 3.05) is 46.9 Å². The third kappa shape index (κ3) is 6.91. The highest BCUT2D eigenvalue weighted by molar-refractivity contribution is 5.79. The van der Waals surface area contributed by atoms with E-state index in [9.17, 15) is 0 Å². The molecule has 0 aliphatic rings. The van der Waals surface area contributed by atoms with Crippen molar-refractivity contribution < 1.29 is 9.15 Å². The van der Waals surface area contributed by atoms with Crippen LogP contribution in [0.2, 0.25) is 0 Å². The van der Waals surface area contributed by atoms with E-state index in [0.717, 1.165) is 50.2 Å². The summed E-state index contributed by atoms with van der Waals surface area (Å²) in [6.07, 6.45) is 0. The van der Waals surface area contributed by atoms with Gasteiger partial charge in [-0.3, -0.25) is 0 Å². The molecule has 1 aromatic rings. The van der Waals surface area contributed by atoms with E-state index in [2.05, 4.69) is 32.6 Å². The zero-order valence-corrected chi connectivity index (χ0v) is 14.4. The van der Waals surface area contributed by atoms with Gasteiger partial charge in [0.15, 0.2) is 5.96 Å². The van der Waals surface area contributed by atoms with Gasteiger partial charge >= 0.3 is 0 Å². The lowest BCUT2D eigenvalue weighted by Gasteiger charge is -2.17. The molecule has 0 unspecified atom stereocenters. The van der Waals surface area contributed by atoms with Gasteiger partial charge in [0.1, 0.15) is 12.3 Å². The molecule has 0 amide bonds. The summed E-state index contributed by atoms with van der Waals surface area (Å²) in [5, 5.41) is 6.52. The van der Waals surface area contributed by atoms with E-state index < -0.39 is 0 Å². The van der Waals surface area contributed by atoms with E-state index in [4.69, 9.17) is 9.15 Å². The first-order valence-electron chi connectivity index (χ1n) is 7.69. The summed E-state index contributed by atoms with van der Waals surface area (Å²) in [7, 11) is 3.79. The predicted molar refractivity (Wildman–Crippen MR) is 88.2 cm³/mol. The zero-order chi connectivity index (χ0) is 16.4. The maximum atomic E-state index is 5.53.